The molecule has 2 unspecified atom stereocenters. The maximum Gasteiger partial charge on any atom is 0.255 e. The highest BCUT2D eigenvalue weighted by molar-refractivity contribution is 6.36. The van der Waals surface area contributed by atoms with Crippen LogP contribution in [0.5, 0.6) is 0 Å². The van der Waals surface area contributed by atoms with Gasteiger partial charge in [-0.05, 0) is 24.5 Å². The molecule has 2 atom stereocenters. The third-order valence-electron chi connectivity index (χ3n) is 3.59. The van der Waals surface area contributed by atoms with Crippen molar-refractivity contribution in [2.75, 3.05) is 18.9 Å². The molecule has 0 aliphatic carbocycles. The molecule has 3 N–H and O–H groups in total. The van der Waals surface area contributed by atoms with Gasteiger partial charge in [-0.3, -0.25) is 4.79 Å². The van der Waals surface area contributed by atoms with Crippen molar-refractivity contribution in [3.8, 4) is 0 Å². The van der Waals surface area contributed by atoms with Gasteiger partial charge in [-0.15, -0.1) is 0 Å². The Morgan fingerprint density at radius 2 is 2.33 bits per heavy atom. The fourth-order valence-corrected chi connectivity index (χ4v) is 2.62. The van der Waals surface area contributed by atoms with Crippen LogP contribution in [0.15, 0.2) is 18.2 Å². The molecule has 5 heteroatoms. The first kappa shape index (κ1) is 13.2. The van der Waals surface area contributed by atoms with Gasteiger partial charge in [-0.25, -0.2) is 0 Å². The van der Waals surface area contributed by atoms with E-state index in [9.17, 15) is 9.90 Å². The Bertz CT molecular complexity index is 464. The first-order chi connectivity index (χ1) is 8.56. The number of likely N-dealkylation sites (tertiary alicyclic amines) is 1. The van der Waals surface area contributed by atoms with Crippen molar-refractivity contribution in [1.82, 2.24) is 4.90 Å². The van der Waals surface area contributed by atoms with Crippen LogP contribution in [0.4, 0.5) is 5.69 Å². The number of nitrogens with zero attached hydrogens (tertiary/aromatic N) is 1. The number of aliphatic hydroxyl groups is 1. The molecule has 0 bridgehead atoms. The zero-order valence-corrected chi connectivity index (χ0v) is 11.0. The standard InChI is InChI=1S/C13H17ClN2O2/c1-8-5-6-16(11(8)7-17)13(18)9-3-2-4-10(15)12(9)14/h2-4,8,11,17H,5-7,15H2,1H3. The quantitative estimate of drug-likeness (QED) is 0.804. The molecular formula is C13H17ClN2O2. The molecule has 98 valence electrons. The van der Waals surface area contributed by atoms with Gasteiger partial charge in [0.2, 0.25) is 0 Å². The number of anilines is 1. The second kappa shape index (κ2) is 5.16. The van der Waals surface area contributed by atoms with E-state index in [1.54, 1.807) is 23.1 Å². The number of nitrogens with two attached hydrogens (primary N) is 1. The average Bonchev–Trinajstić information content (AvgIpc) is 2.73. The van der Waals surface area contributed by atoms with Gasteiger partial charge in [0.15, 0.2) is 0 Å². The van der Waals surface area contributed by atoms with Crippen LogP contribution >= 0.6 is 11.6 Å². The highest BCUT2D eigenvalue weighted by atomic mass is 35.5. The zero-order valence-electron chi connectivity index (χ0n) is 10.3. The predicted octanol–water partition coefficient (Wildman–Crippen LogP) is 1.77. The topological polar surface area (TPSA) is 66.6 Å². The van der Waals surface area contributed by atoms with Crippen LogP contribution in [0.1, 0.15) is 23.7 Å². The van der Waals surface area contributed by atoms with Crippen molar-refractivity contribution in [3.63, 3.8) is 0 Å². The van der Waals surface area contributed by atoms with Gasteiger partial charge >= 0.3 is 0 Å². The molecule has 1 aromatic carbocycles. The third kappa shape index (κ3) is 2.18. The minimum absolute atomic E-state index is 0.0210. The Morgan fingerprint density at radius 3 is 3.00 bits per heavy atom. The number of halogens is 1. The van der Waals surface area contributed by atoms with Crippen molar-refractivity contribution < 1.29 is 9.90 Å². The number of hydrogen-bond donors (Lipinski definition) is 2. The third-order valence-corrected chi connectivity index (χ3v) is 4.01. The Morgan fingerprint density at radius 1 is 1.61 bits per heavy atom. The van der Waals surface area contributed by atoms with E-state index in [2.05, 4.69) is 0 Å². The number of aliphatic hydroxyl groups excluding tert-OH is 1. The average molecular weight is 269 g/mol. The summed E-state index contributed by atoms with van der Waals surface area (Å²) in [6.45, 7) is 2.67. The predicted molar refractivity (Wildman–Crippen MR) is 71.6 cm³/mol. The van der Waals surface area contributed by atoms with Crippen molar-refractivity contribution in [2.45, 2.75) is 19.4 Å². The second-order valence-corrected chi connectivity index (χ2v) is 5.10. The van der Waals surface area contributed by atoms with Gasteiger partial charge < -0.3 is 15.7 Å². The van der Waals surface area contributed by atoms with Gasteiger partial charge in [0.1, 0.15) is 0 Å². The summed E-state index contributed by atoms with van der Waals surface area (Å²) >= 11 is 6.06. The molecule has 0 radical (unpaired) electrons. The van der Waals surface area contributed by atoms with Crippen LogP contribution in [0.3, 0.4) is 0 Å². The monoisotopic (exact) mass is 268 g/mol. The van der Waals surface area contributed by atoms with Crippen molar-refractivity contribution in [3.05, 3.63) is 28.8 Å². The number of nitrogen functional groups attached to an aromatic ring is 1. The number of rotatable bonds is 2. The number of carbonyl (C=O) groups is 1. The number of amides is 1. The smallest absolute Gasteiger partial charge is 0.255 e. The van der Waals surface area contributed by atoms with E-state index in [0.29, 0.717) is 28.7 Å². The normalized spacial score (nSPS) is 23.4. The summed E-state index contributed by atoms with van der Waals surface area (Å²) in [6, 6.07) is 4.91. The maximum absolute atomic E-state index is 12.4. The maximum atomic E-state index is 12.4. The number of benzene rings is 1. The van der Waals surface area contributed by atoms with Crippen LogP contribution in [0.2, 0.25) is 5.02 Å². The van der Waals surface area contributed by atoms with Crippen LogP contribution in [0.25, 0.3) is 0 Å². The van der Waals surface area contributed by atoms with Crippen molar-refractivity contribution in [2.24, 2.45) is 5.92 Å². The molecule has 1 saturated heterocycles. The number of carbonyl (C=O) groups excluding carboxylic acids is 1. The molecular weight excluding hydrogens is 252 g/mol. The fourth-order valence-electron chi connectivity index (χ4n) is 2.41. The van der Waals surface area contributed by atoms with Crippen LogP contribution in [-0.2, 0) is 0 Å². The Labute approximate surface area is 111 Å². The summed E-state index contributed by atoms with van der Waals surface area (Å²) in [6.07, 6.45) is 0.900. The molecule has 1 aromatic rings. The molecule has 18 heavy (non-hydrogen) atoms. The summed E-state index contributed by atoms with van der Waals surface area (Å²) in [5.74, 6) is 0.148. The van der Waals surface area contributed by atoms with Crippen LogP contribution in [0, 0.1) is 5.92 Å². The molecule has 4 nitrogen and oxygen atoms in total. The van der Waals surface area contributed by atoms with Gasteiger partial charge in [0.25, 0.3) is 5.91 Å². The molecule has 1 amide bonds. The molecule has 1 fully saturated rings. The lowest BCUT2D eigenvalue weighted by atomic mass is 10.0. The lowest BCUT2D eigenvalue weighted by Crippen LogP contribution is -2.40. The van der Waals surface area contributed by atoms with Crippen molar-refractivity contribution >= 4 is 23.2 Å². The molecule has 0 spiro atoms. The van der Waals surface area contributed by atoms with Gasteiger partial charge in [0, 0.05) is 6.54 Å². The first-order valence-corrected chi connectivity index (χ1v) is 6.40. The van der Waals surface area contributed by atoms with E-state index in [0.717, 1.165) is 6.42 Å². The summed E-state index contributed by atoms with van der Waals surface area (Å²) < 4.78 is 0. The summed E-state index contributed by atoms with van der Waals surface area (Å²) in [7, 11) is 0. The van der Waals surface area contributed by atoms with E-state index >= 15 is 0 Å². The Balaban J connectivity index is 2.29. The summed E-state index contributed by atoms with van der Waals surface area (Å²) in [4.78, 5) is 14.1. The van der Waals surface area contributed by atoms with Crippen molar-refractivity contribution in [1.29, 1.82) is 0 Å². The lowest BCUT2D eigenvalue weighted by Gasteiger charge is -2.25. The van der Waals surface area contributed by atoms with Gasteiger partial charge in [-0.1, -0.05) is 24.6 Å². The lowest BCUT2D eigenvalue weighted by molar-refractivity contribution is 0.0648. The molecule has 0 saturated carbocycles. The summed E-state index contributed by atoms with van der Waals surface area (Å²) in [5.41, 5.74) is 6.50. The van der Waals surface area contributed by atoms with E-state index in [1.807, 2.05) is 6.92 Å². The first-order valence-electron chi connectivity index (χ1n) is 6.02. The van der Waals surface area contributed by atoms with E-state index < -0.39 is 0 Å². The largest absolute Gasteiger partial charge is 0.398 e. The van der Waals surface area contributed by atoms with Crippen LogP contribution < -0.4 is 5.73 Å². The highest BCUT2D eigenvalue weighted by Crippen LogP contribution is 2.29. The minimum Gasteiger partial charge on any atom is -0.398 e. The molecule has 1 aliphatic heterocycles. The molecule has 2 rings (SSSR count). The highest BCUT2D eigenvalue weighted by Gasteiger charge is 2.34. The fraction of sp³-hybridized carbons (Fsp3) is 0.462. The van der Waals surface area contributed by atoms with E-state index in [-0.39, 0.29) is 18.6 Å². The van der Waals surface area contributed by atoms with Crippen LogP contribution in [-0.4, -0.2) is 35.1 Å². The van der Waals surface area contributed by atoms with Gasteiger partial charge in [0.05, 0.1) is 28.9 Å². The molecule has 0 aromatic heterocycles. The minimum atomic E-state index is -0.157. The van der Waals surface area contributed by atoms with E-state index in [1.165, 1.54) is 0 Å². The Kier molecular flexibility index (Phi) is 3.78. The van der Waals surface area contributed by atoms with E-state index in [4.69, 9.17) is 17.3 Å². The second-order valence-electron chi connectivity index (χ2n) is 4.72. The zero-order chi connectivity index (χ0) is 13.3. The number of hydrogen-bond acceptors (Lipinski definition) is 3. The van der Waals surface area contributed by atoms with Gasteiger partial charge in [-0.2, -0.15) is 0 Å². The molecule has 1 heterocycles. The Hall–Kier alpha value is -1.26. The SMILES string of the molecule is CC1CCN(C(=O)c2cccc(N)c2Cl)C1CO. The summed E-state index contributed by atoms with van der Waals surface area (Å²) in [5, 5.41) is 9.67. The molecule has 1 aliphatic rings.